The summed E-state index contributed by atoms with van der Waals surface area (Å²) in [6.07, 6.45) is 3.86. The monoisotopic (exact) mass is 351 g/mol. The number of methoxy groups -OCH3 is 1. The van der Waals surface area contributed by atoms with E-state index in [1.165, 1.54) is 11.1 Å². The highest BCUT2D eigenvalue weighted by Gasteiger charge is 2.45. The quantitative estimate of drug-likeness (QED) is 0.871. The van der Waals surface area contributed by atoms with Crippen LogP contribution in [-0.2, 0) is 16.6 Å². The molecule has 0 spiro atoms. The van der Waals surface area contributed by atoms with E-state index >= 15 is 0 Å². The van der Waals surface area contributed by atoms with Crippen molar-refractivity contribution in [1.29, 1.82) is 0 Å². The van der Waals surface area contributed by atoms with Gasteiger partial charge in [-0.2, -0.15) is 12.7 Å². The predicted octanol–water partition coefficient (Wildman–Crippen LogP) is 1.28. The first-order chi connectivity index (χ1) is 11.5. The molecule has 7 heteroatoms. The van der Waals surface area contributed by atoms with E-state index in [2.05, 4.69) is 17.0 Å². The van der Waals surface area contributed by atoms with Crippen LogP contribution in [0.4, 0.5) is 0 Å². The van der Waals surface area contributed by atoms with E-state index in [1.807, 2.05) is 6.07 Å². The van der Waals surface area contributed by atoms with Crippen LogP contribution in [-0.4, -0.2) is 50.4 Å². The van der Waals surface area contributed by atoms with Gasteiger partial charge in [0.1, 0.15) is 5.75 Å². The topological polar surface area (TPSA) is 75.9 Å². The average molecular weight is 351 g/mol. The summed E-state index contributed by atoms with van der Waals surface area (Å²) >= 11 is 0. The summed E-state index contributed by atoms with van der Waals surface area (Å²) in [5.41, 5.74) is 2.65. The van der Waals surface area contributed by atoms with Crippen LogP contribution < -0.4 is 9.88 Å². The van der Waals surface area contributed by atoms with Crippen LogP contribution in [0, 0.1) is 5.92 Å². The summed E-state index contributed by atoms with van der Waals surface area (Å²) in [7, 11) is -1.94. The minimum Gasteiger partial charge on any atom is -0.497 e. The molecule has 0 bridgehead atoms. The lowest BCUT2D eigenvalue weighted by atomic mass is 9.77. The van der Waals surface area contributed by atoms with E-state index < -0.39 is 10.2 Å². The normalized spacial score (nSPS) is 31.0. The summed E-state index contributed by atoms with van der Waals surface area (Å²) in [6.45, 7) is 2.55. The van der Waals surface area contributed by atoms with Crippen LogP contribution in [0.1, 0.15) is 36.4 Å². The van der Waals surface area contributed by atoms with Gasteiger partial charge in [0.05, 0.1) is 7.11 Å². The van der Waals surface area contributed by atoms with E-state index in [-0.39, 0.29) is 12.1 Å². The first-order valence-electron chi connectivity index (χ1n) is 8.68. The van der Waals surface area contributed by atoms with Crippen LogP contribution in [0.2, 0.25) is 0 Å². The summed E-state index contributed by atoms with van der Waals surface area (Å²) in [4.78, 5) is 2.53. The second kappa shape index (κ2) is 5.98. The third-order valence-electron chi connectivity index (χ3n) is 5.95. The number of nitrogens with zero attached hydrogens (tertiary/aromatic N) is 2. The van der Waals surface area contributed by atoms with Crippen molar-refractivity contribution in [3.05, 3.63) is 29.3 Å². The lowest BCUT2D eigenvalue weighted by Gasteiger charge is -2.51. The number of hydrogen-bond donors (Lipinski definition) is 1. The SMILES string of the molecule is COc1ccc2c(c1)CCN1C[C@H]3CCCN(S(N)(=O)=O)[C@H]3C[C@H]21. The predicted molar refractivity (Wildman–Crippen MR) is 92.0 cm³/mol. The van der Waals surface area contributed by atoms with Crippen molar-refractivity contribution >= 4 is 10.2 Å². The largest absolute Gasteiger partial charge is 0.497 e. The highest BCUT2D eigenvalue weighted by atomic mass is 32.2. The number of nitrogens with two attached hydrogens (primary N) is 1. The summed E-state index contributed by atoms with van der Waals surface area (Å²) < 4.78 is 30.9. The third-order valence-corrected chi connectivity index (χ3v) is 7.05. The van der Waals surface area contributed by atoms with E-state index in [4.69, 9.17) is 9.88 Å². The lowest BCUT2D eigenvalue weighted by Crippen LogP contribution is -2.58. The molecular weight excluding hydrogens is 326 g/mol. The van der Waals surface area contributed by atoms with E-state index in [1.54, 1.807) is 11.4 Å². The fourth-order valence-corrected chi connectivity index (χ4v) is 5.85. The molecule has 0 aromatic heterocycles. The molecule has 24 heavy (non-hydrogen) atoms. The smallest absolute Gasteiger partial charge is 0.277 e. The van der Waals surface area contributed by atoms with Gasteiger partial charge < -0.3 is 4.74 Å². The molecule has 1 aromatic rings. The molecule has 132 valence electrons. The second-order valence-corrected chi connectivity index (χ2v) is 8.69. The maximum atomic E-state index is 12.0. The van der Waals surface area contributed by atoms with Crippen molar-refractivity contribution < 1.29 is 13.2 Å². The fourth-order valence-electron chi connectivity index (χ4n) is 4.83. The van der Waals surface area contributed by atoms with Gasteiger partial charge in [0.2, 0.25) is 0 Å². The lowest BCUT2D eigenvalue weighted by molar-refractivity contribution is 0.0219. The third kappa shape index (κ3) is 2.73. The van der Waals surface area contributed by atoms with Crippen LogP contribution in [0.25, 0.3) is 0 Å². The van der Waals surface area contributed by atoms with Gasteiger partial charge >= 0.3 is 0 Å². The average Bonchev–Trinajstić information content (AvgIpc) is 2.58. The van der Waals surface area contributed by atoms with E-state index in [0.717, 1.165) is 44.5 Å². The molecule has 3 aliphatic rings. The van der Waals surface area contributed by atoms with Crippen LogP contribution in [0.5, 0.6) is 5.75 Å². The Balaban J connectivity index is 1.66. The van der Waals surface area contributed by atoms with Crippen molar-refractivity contribution in [2.75, 3.05) is 26.7 Å². The number of hydrogen-bond acceptors (Lipinski definition) is 4. The number of piperidine rings is 2. The Hall–Kier alpha value is -1.15. The van der Waals surface area contributed by atoms with Gasteiger partial charge in [-0.1, -0.05) is 6.07 Å². The molecule has 1 aromatic carbocycles. The Morgan fingerprint density at radius 3 is 2.88 bits per heavy atom. The van der Waals surface area contributed by atoms with Crippen molar-refractivity contribution in [2.24, 2.45) is 11.1 Å². The van der Waals surface area contributed by atoms with Crippen LogP contribution in [0.15, 0.2) is 18.2 Å². The maximum Gasteiger partial charge on any atom is 0.277 e. The fraction of sp³-hybridized carbons (Fsp3) is 0.647. The van der Waals surface area contributed by atoms with Gasteiger partial charge in [-0.05, 0) is 54.9 Å². The van der Waals surface area contributed by atoms with E-state index in [0.29, 0.717) is 12.5 Å². The van der Waals surface area contributed by atoms with Crippen molar-refractivity contribution in [3.63, 3.8) is 0 Å². The number of ether oxygens (including phenoxy) is 1. The molecule has 6 nitrogen and oxygen atoms in total. The molecule has 0 aliphatic carbocycles. The Morgan fingerprint density at radius 2 is 2.12 bits per heavy atom. The molecule has 2 fully saturated rings. The Labute approximate surface area is 143 Å². The van der Waals surface area contributed by atoms with Gasteiger partial charge in [0.15, 0.2) is 0 Å². The number of rotatable bonds is 2. The molecule has 3 heterocycles. The summed E-state index contributed by atoms with van der Waals surface area (Å²) in [5, 5.41) is 5.49. The van der Waals surface area contributed by atoms with Crippen molar-refractivity contribution in [1.82, 2.24) is 9.21 Å². The first-order valence-corrected chi connectivity index (χ1v) is 10.2. The van der Waals surface area contributed by atoms with Crippen LogP contribution in [0.3, 0.4) is 0 Å². The van der Waals surface area contributed by atoms with Gasteiger partial charge in [0, 0.05) is 31.7 Å². The van der Waals surface area contributed by atoms with Crippen LogP contribution >= 0.6 is 0 Å². The molecule has 2 saturated heterocycles. The Morgan fingerprint density at radius 1 is 1.29 bits per heavy atom. The highest BCUT2D eigenvalue weighted by Crippen LogP contribution is 2.43. The highest BCUT2D eigenvalue weighted by molar-refractivity contribution is 7.86. The number of fused-ring (bicyclic) bond motifs is 4. The minimum absolute atomic E-state index is 0.0306. The molecule has 0 amide bonds. The molecule has 3 atom stereocenters. The molecular formula is C17H25N3O3S. The zero-order valence-corrected chi connectivity index (χ0v) is 14.8. The minimum atomic E-state index is -3.63. The second-order valence-electron chi connectivity index (χ2n) is 7.19. The van der Waals surface area contributed by atoms with Gasteiger partial charge in [-0.15, -0.1) is 0 Å². The molecule has 0 saturated carbocycles. The molecule has 3 aliphatic heterocycles. The molecule has 4 rings (SSSR count). The van der Waals surface area contributed by atoms with Crippen molar-refractivity contribution in [2.45, 2.75) is 37.8 Å². The molecule has 0 radical (unpaired) electrons. The Kier molecular flexibility index (Phi) is 4.07. The molecule has 0 unspecified atom stereocenters. The van der Waals surface area contributed by atoms with Gasteiger partial charge in [-0.25, -0.2) is 5.14 Å². The number of benzene rings is 1. The first kappa shape index (κ1) is 16.3. The maximum absolute atomic E-state index is 12.0. The van der Waals surface area contributed by atoms with Gasteiger partial charge in [0.25, 0.3) is 10.2 Å². The summed E-state index contributed by atoms with van der Waals surface area (Å²) in [6, 6.07) is 6.59. The van der Waals surface area contributed by atoms with E-state index in [9.17, 15) is 8.42 Å². The van der Waals surface area contributed by atoms with Crippen molar-refractivity contribution in [3.8, 4) is 5.75 Å². The van der Waals surface area contributed by atoms with Gasteiger partial charge in [-0.3, -0.25) is 4.90 Å². The standard InChI is InChI=1S/C17H25N3O3S/c1-23-14-4-5-15-12(9-14)6-8-19-11-13-3-2-7-20(24(18,21)22)16(13)10-17(15)19/h4-5,9,13,16-17H,2-3,6-8,10-11H2,1H3,(H2,18,21,22)/t13-,16+,17-/m1/s1. The molecule has 2 N–H and O–H groups in total. The zero-order valence-electron chi connectivity index (χ0n) is 14.0. The summed E-state index contributed by atoms with van der Waals surface area (Å²) in [5.74, 6) is 1.29. The Bertz CT molecular complexity index is 737. The zero-order chi connectivity index (χ0) is 16.9.